The lowest BCUT2D eigenvalue weighted by Gasteiger charge is -2.31. The summed E-state index contributed by atoms with van der Waals surface area (Å²) in [6.45, 7) is 9.71. The first-order chi connectivity index (χ1) is 13.7. The highest BCUT2D eigenvalue weighted by atomic mass is 16.3. The Morgan fingerprint density at radius 3 is 1.79 bits per heavy atom. The van der Waals surface area contributed by atoms with Crippen molar-refractivity contribution in [2.45, 2.75) is 40.2 Å². The molecule has 0 saturated carbocycles. The lowest BCUT2D eigenvalue weighted by atomic mass is 9.80. The lowest BCUT2D eigenvalue weighted by molar-refractivity contribution is -0.136. The molecule has 29 heavy (non-hydrogen) atoms. The summed E-state index contributed by atoms with van der Waals surface area (Å²) in [5.41, 5.74) is 10.5. The number of amides is 1. The van der Waals surface area contributed by atoms with Crippen LogP contribution in [0.5, 0.6) is 0 Å². The minimum Gasteiger partial charge on any atom is -0.372 e. The third-order valence-electron chi connectivity index (χ3n) is 5.23. The van der Waals surface area contributed by atoms with Crippen LogP contribution in [0, 0.1) is 34.6 Å². The van der Waals surface area contributed by atoms with Crippen molar-refractivity contribution in [1.29, 1.82) is 0 Å². The first-order valence-electron chi connectivity index (χ1n) is 9.73. The molecule has 0 aliphatic heterocycles. The van der Waals surface area contributed by atoms with Gasteiger partial charge in [0, 0.05) is 11.1 Å². The number of aryl methyl sites for hydroxylation is 5. The molecule has 4 heteroatoms. The van der Waals surface area contributed by atoms with Crippen molar-refractivity contribution < 1.29 is 9.90 Å². The summed E-state index contributed by atoms with van der Waals surface area (Å²) in [5, 5.41) is 11.9. The molecule has 0 radical (unpaired) electrons. The van der Waals surface area contributed by atoms with Crippen molar-refractivity contribution in [3.8, 4) is 0 Å². The van der Waals surface area contributed by atoms with E-state index < -0.39 is 11.5 Å². The fraction of sp³-hybridized carbons (Fsp3) is 0.240. The van der Waals surface area contributed by atoms with Gasteiger partial charge in [-0.1, -0.05) is 59.7 Å². The summed E-state index contributed by atoms with van der Waals surface area (Å²) in [6, 6.07) is 19.3. The van der Waals surface area contributed by atoms with Gasteiger partial charge in [-0.15, -0.1) is 0 Å². The van der Waals surface area contributed by atoms with Crippen LogP contribution in [0.3, 0.4) is 0 Å². The third kappa shape index (κ3) is 4.17. The van der Waals surface area contributed by atoms with Crippen LogP contribution in [-0.2, 0) is 10.4 Å². The Balaban J connectivity index is 2.08. The van der Waals surface area contributed by atoms with E-state index >= 15 is 0 Å². The zero-order valence-corrected chi connectivity index (χ0v) is 17.6. The molecule has 0 aromatic heterocycles. The minimum absolute atomic E-state index is 0.526. The van der Waals surface area contributed by atoms with Gasteiger partial charge in [0.1, 0.15) is 0 Å². The third-order valence-corrected chi connectivity index (χ3v) is 5.23. The second-order valence-electron chi connectivity index (χ2n) is 7.80. The number of carbonyl (C=O) groups is 1. The first kappa shape index (κ1) is 20.6. The van der Waals surface area contributed by atoms with Crippen molar-refractivity contribution in [1.82, 2.24) is 5.43 Å². The van der Waals surface area contributed by atoms with E-state index in [1.807, 2.05) is 95.3 Å². The monoisotopic (exact) mass is 388 g/mol. The molecule has 0 unspecified atom stereocenters. The van der Waals surface area contributed by atoms with E-state index in [0.29, 0.717) is 11.1 Å². The summed E-state index contributed by atoms with van der Waals surface area (Å²) >= 11 is 0. The Hall–Kier alpha value is -3.11. The molecular formula is C25H28N2O2. The number of nitrogens with one attached hydrogen (secondary N) is 2. The number of carbonyl (C=O) groups excluding carboxylic acids is 1. The minimum atomic E-state index is -1.83. The molecule has 3 aromatic carbocycles. The van der Waals surface area contributed by atoms with Crippen molar-refractivity contribution in [3.63, 3.8) is 0 Å². The van der Waals surface area contributed by atoms with Gasteiger partial charge in [-0.3, -0.25) is 15.6 Å². The molecule has 3 rings (SSSR count). The SMILES string of the molecule is Cc1cccc(NNC(=O)C(O)(c2cc(C)ccc2C)c2cc(C)ccc2C)c1. The van der Waals surface area contributed by atoms with Crippen LogP contribution >= 0.6 is 0 Å². The van der Waals surface area contributed by atoms with Crippen LogP contribution in [0.25, 0.3) is 0 Å². The summed E-state index contributed by atoms with van der Waals surface area (Å²) < 4.78 is 0. The summed E-state index contributed by atoms with van der Waals surface area (Å²) in [7, 11) is 0. The van der Waals surface area contributed by atoms with E-state index in [2.05, 4.69) is 10.9 Å². The molecule has 0 aliphatic carbocycles. The topological polar surface area (TPSA) is 61.4 Å². The molecular weight excluding hydrogens is 360 g/mol. The zero-order valence-electron chi connectivity index (χ0n) is 17.6. The van der Waals surface area contributed by atoms with Crippen LogP contribution in [0.15, 0.2) is 60.7 Å². The number of benzene rings is 3. The Morgan fingerprint density at radius 2 is 1.28 bits per heavy atom. The second kappa shape index (κ2) is 8.10. The highest BCUT2D eigenvalue weighted by molar-refractivity contribution is 5.91. The van der Waals surface area contributed by atoms with Crippen molar-refractivity contribution in [3.05, 3.63) is 99.6 Å². The predicted molar refractivity (Wildman–Crippen MR) is 118 cm³/mol. The van der Waals surface area contributed by atoms with Crippen molar-refractivity contribution in [2.75, 3.05) is 5.43 Å². The van der Waals surface area contributed by atoms with Gasteiger partial charge in [-0.25, -0.2) is 0 Å². The smallest absolute Gasteiger partial charge is 0.279 e. The maximum absolute atomic E-state index is 13.4. The van der Waals surface area contributed by atoms with Crippen LogP contribution in [-0.4, -0.2) is 11.0 Å². The average molecular weight is 389 g/mol. The molecule has 0 fully saturated rings. The summed E-state index contributed by atoms with van der Waals surface area (Å²) in [4.78, 5) is 13.4. The van der Waals surface area contributed by atoms with Gasteiger partial charge in [0.2, 0.25) is 0 Å². The van der Waals surface area contributed by atoms with E-state index in [1.54, 1.807) is 0 Å². The van der Waals surface area contributed by atoms with Crippen molar-refractivity contribution in [2.24, 2.45) is 0 Å². The van der Waals surface area contributed by atoms with Crippen LogP contribution in [0.4, 0.5) is 5.69 Å². The Bertz CT molecular complexity index is 1000. The Kier molecular flexibility index (Phi) is 5.76. The molecule has 3 aromatic rings. The standard InChI is InChI=1S/C25H28N2O2/c1-16-7-6-8-21(13-16)26-27-24(28)25(29,22-14-17(2)9-11-19(22)4)23-15-18(3)10-12-20(23)5/h6-15,26,29H,1-5H3,(H,27,28). The van der Waals surface area contributed by atoms with E-state index in [9.17, 15) is 9.90 Å². The fourth-order valence-electron chi connectivity index (χ4n) is 3.58. The molecule has 4 nitrogen and oxygen atoms in total. The van der Waals surface area contributed by atoms with Crippen LogP contribution < -0.4 is 10.9 Å². The molecule has 0 aliphatic rings. The zero-order chi connectivity index (χ0) is 21.2. The number of rotatable bonds is 5. The molecule has 0 heterocycles. The van der Waals surface area contributed by atoms with E-state index in [-0.39, 0.29) is 0 Å². The number of hydrogen-bond donors (Lipinski definition) is 3. The first-order valence-corrected chi connectivity index (χ1v) is 9.73. The number of hydrogen-bond acceptors (Lipinski definition) is 3. The maximum atomic E-state index is 13.4. The lowest BCUT2D eigenvalue weighted by Crippen LogP contribution is -2.48. The summed E-state index contributed by atoms with van der Waals surface area (Å²) in [6.07, 6.45) is 0. The molecule has 0 atom stereocenters. The molecule has 3 N–H and O–H groups in total. The van der Waals surface area contributed by atoms with E-state index in [4.69, 9.17) is 0 Å². The number of hydrazine groups is 1. The molecule has 0 bridgehead atoms. The van der Waals surface area contributed by atoms with Gasteiger partial charge in [0.25, 0.3) is 5.91 Å². The van der Waals surface area contributed by atoms with Gasteiger partial charge >= 0.3 is 0 Å². The highest BCUT2D eigenvalue weighted by Gasteiger charge is 2.42. The number of aliphatic hydroxyl groups is 1. The van der Waals surface area contributed by atoms with Gasteiger partial charge in [-0.05, 0) is 63.4 Å². The quantitative estimate of drug-likeness (QED) is 0.560. The van der Waals surface area contributed by atoms with Gasteiger partial charge in [0.05, 0.1) is 5.69 Å². The Morgan fingerprint density at radius 1 is 0.759 bits per heavy atom. The van der Waals surface area contributed by atoms with Crippen LogP contribution in [0.1, 0.15) is 38.9 Å². The largest absolute Gasteiger partial charge is 0.372 e. The second-order valence-corrected chi connectivity index (χ2v) is 7.80. The maximum Gasteiger partial charge on any atom is 0.279 e. The van der Waals surface area contributed by atoms with Gasteiger partial charge in [-0.2, -0.15) is 0 Å². The molecule has 0 saturated heterocycles. The molecule has 0 spiro atoms. The highest BCUT2D eigenvalue weighted by Crippen LogP contribution is 2.35. The fourth-order valence-corrected chi connectivity index (χ4v) is 3.58. The predicted octanol–water partition coefficient (Wildman–Crippen LogP) is 4.61. The summed E-state index contributed by atoms with van der Waals surface area (Å²) in [5.74, 6) is -0.526. The molecule has 150 valence electrons. The normalized spacial score (nSPS) is 11.2. The van der Waals surface area contributed by atoms with Crippen molar-refractivity contribution >= 4 is 11.6 Å². The molecule has 1 amide bonds. The Labute approximate surface area is 172 Å². The average Bonchev–Trinajstić information content (AvgIpc) is 2.69. The van der Waals surface area contributed by atoms with E-state index in [0.717, 1.165) is 33.5 Å². The van der Waals surface area contributed by atoms with Crippen LogP contribution in [0.2, 0.25) is 0 Å². The van der Waals surface area contributed by atoms with E-state index in [1.165, 1.54) is 0 Å². The van der Waals surface area contributed by atoms with Gasteiger partial charge < -0.3 is 5.11 Å². The van der Waals surface area contributed by atoms with Gasteiger partial charge in [0.15, 0.2) is 5.60 Å². The number of anilines is 1.